The van der Waals surface area contributed by atoms with Crippen molar-refractivity contribution in [2.24, 2.45) is 0 Å². The van der Waals surface area contributed by atoms with Gasteiger partial charge in [0.2, 0.25) is 0 Å². The molecule has 1 aliphatic heterocycles. The summed E-state index contributed by atoms with van der Waals surface area (Å²) in [6, 6.07) is 3.93. The molecule has 8 heteroatoms. The molecular weight excluding hydrogens is 284 g/mol. The first-order chi connectivity index (χ1) is 9.46. The molecular formula is C12H16N2O5S. The Morgan fingerprint density at radius 1 is 1.40 bits per heavy atom. The van der Waals surface area contributed by atoms with Crippen molar-refractivity contribution in [3.8, 4) is 0 Å². The molecule has 7 nitrogen and oxygen atoms in total. The fourth-order valence-electron chi connectivity index (χ4n) is 1.90. The lowest BCUT2D eigenvalue weighted by molar-refractivity contribution is -0.108. The molecule has 1 aromatic rings. The fourth-order valence-corrected chi connectivity index (χ4v) is 3.30. The van der Waals surface area contributed by atoms with E-state index in [0.29, 0.717) is 13.2 Å². The Morgan fingerprint density at radius 3 is 2.70 bits per heavy atom. The lowest BCUT2D eigenvalue weighted by Gasteiger charge is -2.25. The number of nitrogens with zero attached hydrogens (tertiary/aromatic N) is 1. The molecule has 0 aromatic heterocycles. The number of carbonyl (C=O) groups excluding carboxylic acids is 1. The van der Waals surface area contributed by atoms with Crippen LogP contribution in [0.4, 0.5) is 5.69 Å². The smallest absolute Gasteiger partial charge is 0.337 e. The van der Waals surface area contributed by atoms with E-state index in [1.807, 2.05) is 0 Å². The van der Waals surface area contributed by atoms with Crippen molar-refractivity contribution in [1.29, 1.82) is 0 Å². The Labute approximate surface area is 117 Å². The first kappa shape index (κ1) is 14.8. The van der Waals surface area contributed by atoms with Gasteiger partial charge >= 0.3 is 5.97 Å². The minimum Gasteiger partial charge on any atom is -0.465 e. The van der Waals surface area contributed by atoms with Gasteiger partial charge in [-0.3, -0.25) is 4.84 Å². The van der Waals surface area contributed by atoms with Gasteiger partial charge in [0.15, 0.2) is 0 Å². The minimum absolute atomic E-state index is 0.0120. The van der Waals surface area contributed by atoms with Crippen LogP contribution in [0.2, 0.25) is 0 Å². The molecule has 20 heavy (non-hydrogen) atoms. The van der Waals surface area contributed by atoms with Crippen LogP contribution in [0.1, 0.15) is 23.2 Å². The number of esters is 1. The molecule has 0 radical (unpaired) electrons. The van der Waals surface area contributed by atoms with Gasteiger partial charge in [0.25, 0.3) is 10.0 Å². The second-order valence-corrected chi connectivity index (χ2v) is 6.11. The van der Waals surface area contributed by atoms with Crippen molar-refractivity contribution in [2.45, 2.75) is 17.7 Å². The molecule has 2 N–H and O–H groups in total. The highest BCUT2D eigenvalue weighted by atomic mass is 32.2. The number of nitrogen functional groups attached to an aromatic ring is 1. The maximum Gasteiger partial charge on any atom is 0.337 e. The second-order valence-electron chi connectivity index (χ2n) is 4.32. The number of hydroxylamine groups is 1. The number of nitrogens with two attached hydrogens (primary N) is 1. The summed E-state index contributed by atoms with van der Waals surface area (Å²) in [7, 11) is -2.57. The van der Waals surface area contributed by atoms with E-state index in [1.54, 1.807) is 0 Å². The lowest BCUT2D eigenvalue weighted by Crippen LogP contribution is -2.36. The Kier molecular flexibility index (Phi) is 4.26. The molecule has 110 valence electrons. The van der Waals surface area contributed by atoms with Crippen LogP contribution in [0.15, 0.2) is 23.1 Å². The van der Waals surface area contributed by atoms with E-state index in [0.717, 1.165) is 17.3 Å². The van der Waals surface area contributed by atoms with Gasteiger partial charge in [-0.25, -0.2) is 13.2 Å². The fraction of sp³-hybridized carbons (Fsp3) is 0.417. The monoisotopic (exact) mass is 300 g/mol. The zero-order valence-corrected chi connectivity index (χ0v) is 11.9. The van der Waals surface area contributed by atoms with Crippen LogP contribution in [0, 0.1) is 0 Å². The molecule has 2 rings (SSSR count). The van der Waals surface area contributed by atoms with Gasteiger partial charge in [-0.1, -0.05) is 4.47 Å². The van der Waals surface area contributed by atoms with E-state index in [-0.39, 0.29) is 16.1 Å². The molecule has 0 amide bonds. The number of methoxy groups -OCH3 is 1. The van der Waals surface area contributed by atoms with Crippen molar-refractivity contribution < 1.29 is 22.8 Å². The van der Waals surface area contributed by atoms with Crippen LogP contribution in [0.5, 0.6) is 0 Å². The number of carbonyl (C=O) groups is 1. The molecule has 1 fully saturated rings. The van der Waals surface area contributed by atoms with E-state index in [4.69, 9.17) is 10.6 Å². The molecule has 1 heterocycles. The van der Waals surface area contributed by atoms with Crippen molar-refractivity contribution in [3.63, 3.8) is 0 Å². The Bertz CT molecular complexity index is 608. The summed E-state index contributed by atoms with van der Waals surface area (Å²) < 4.78 is 30.2. The highest BCUT2D eigenvalue weighted by Crippen LogP contribution is 2.25. The average Bonchev–Trinajstić information content (AvgIpc) is 2.47. The summed E-state index contributed by atoms with van der Waals surface area (Å²) in [5.74, 6) is -0.574. The van der Waals surface area contributed by atoms with Crippen LogP contribution >= 0.6 is 0 Å². The van der Waals surface area contributed by atoms with Crippen molar-refractivity contribution in [1.82, 2.24) is 4.47 Å². The van der Waals surface area contributed by atoms with E-state index in [9.17, 15) is 13.2 Å². The van der Waals surface area contributed by atoms with Crippen molar-refractivity contribution >= 4 is 21.7 Å². The third-order valence-electron chi connectivity index (χ3n) is 2.95. The summed E-state index contributed by atoms with van der Waals surface area (Å²) in [6.07, 6.45) is 1.56. The van der Waals surface area contributed by atoms with E-state index >= 15 is 0 Å². The third-order valence-corrected chi connectivity index (χ3v) is 4.70. The van der Waals surface area contributed by atoms with Crippen molar-refractivity contribution in [3.05, 3.63) is 23.8 Å². The Hall–Kier alpha value is -1.64. The summed E-state index contributed by atoms with van der Waals surface area (Å²) in [5, 5.41) is 0. The van der Waals surface area contributed by atoms with Crippen LogP contribution in [-0.4, -0.2) is 39.1 Å². The second kappa shape index (κ2) is 5.78. The van der Waals surface area contributed by atoms with E-state index < -0.39 is 16.0 Å². The van der Waals surface area contributed by atoms with Crippen LogP contribution < -0.4 is 5.73 Å². The number of hydrogen-bond acceptors (Lipinski definition) is 6. The highest BCUT2D eigenvalue weighted by molar-refractivity contribution is 7.89. The zero-order chi connectivity index (χ0) is 14.8. The molecule has 1 aromatic carbocycles. The zero-order valence-electron chi connectivity index (χ0n) is 11.0. The molecule has 0 spiro atoms. The molecule has 0 aliphatic carbocycles. The summed E-state index contributed by atoms with van der Waals surface area (Å²) in [5.41, 5.74) is 5.92. The van der Waals surface area contributed by atoms with Gasteiger partial charge < -0.3 is 10.5 Å². The molecule has 0 unspecified atom stereocenters. The number of rotatable bonds is 3. The van der Waals surface area contributed by atoms with Gasteiger partial charge in [0.1, 0.15) is 4.90 Å². The molecule has 0 atom stereocenters. The lowest BCUT2D eigenvalue weighted by atomic mass is 10.2. The van der Waals surface area contributed by atoms with Gasteiger partial charge in [-0.15, -0.1) is 0 Å². The number of benzene rings is 1. The highest BCUT2D eigenvalue weighted by Gasteiger charge is 2.29. The molecule has 0 bridgehead atoms. The minimum atomic E-state index is -3.81. The van der Waals surface area contributed by atoms with Gasteiger partial charge in [-0.2, -0.15) is 0 Å². The number of sulfonamides is 1. The van der Waals surface area contributed by atoms with E-state index in [1.165, 1.54) is 25.3 Å². The van der Waals surface area contributed by atoms with Crippen molar-refractivity contribution in [2.75, 3.05) is 26.0 Å². The summed E-state index contributed by atoms with van der Waals surface area (Å²) >= 11 is 0. The average molecular weight is 300 g/mol. The van der Waals surface area contributed by atoms with Crippen LogP contribution in [-0.2, 0) is 19.6 Å². The van der Waals surface area contributed by atoms with Gasteiger partial charge in [-0.05, 0) is 31.0 Å². The summed E-state index contributed by atoms with van der Waals surface area (Å²) in [6.45, 7) is 0.653. The van der Waals surface area contributed by atoms with Crippen LogP contribution in [0.3, 0.4) is 0 Å². The largest absolute Gasteiger partial charge is 0.465 e. The van der Waals surface area contributed by atoms with Gasteiger partial charge in [0, 0.05) is 6.54 Å². The maximum absolute atomic E-state index is 12.4. The number of hydrogen-bond donors (Lipinski definition) is 1. The summed E-state index contributed by atoms with van der Waals surface area (Å²) in [4.78, 5) is 16.4. The topological polar surface area (TPSA) is 98.9 Å². The predicted molar refractivity (Wildman–Crippen MR) is 71.3 cm³/mol. The normalized spacial score (nSPS) is 16.9. The Balaban J connectivity index is 2.34. The van der Waals surface area contributed by atoms with Crippen LogP contribution in [0.25, 0.3) is 0 Å². The van der Waals surface area contributed by atoms with E-state index in [2.05, 4.69) is 4.74 Å². The third kappa shape index (κ3) is 2.77. The standard InChI is InChI=1S/C12H16N2O5S/c1-18-12(15)9-4-5-11(10(13)8-9)20(16,17)14-6-2-3-7-19-14/h4-5,8H,2-3,6-7,13H2,1H3. The molecule has 1 saturated heterocycles. The number of anilines is 1. The first-order valence-corrected chi connectivity index (χ1v) is 7.54. The predicted octanol–water partition coefficient (Wildman–Crippen LogP) is 0.771. The molecule has 1 aliphatic rings. The Morgan fingerprint density at radius 2 is 2.15 bits per heavy atom. The molecule has 0 saturated carbocycles. The van der Waals surface area contributed by atoms with Gasteiger partial charge in [0.05, 0.1) is 25.0 Å². The first-order valence-electron chi connectivity index (χ1n) is 6.10. The quantitative estimate of drug-likeness (QED) is 0.654. The maximum atomic E-state index is 12.4. The SMILES string of the molecule is COC(=O)c1ccc(S(=O)(=O)N2CCCCO2)c(N)c1. The number of ether oxygens (including phenoxy) is 1.